The van der Waals surface area contributed by atoms with Crippen molar-refractivity contribution in [2.24, 2.45) is 0 Å². The van der Waals surface area contributed by atoms with Crippen molar-refractivity contribution in [1.82, 2.24) is 20.4 Å². The predicted octanol–water partition coefficient (Wildman–Crippen LogP) is 5.22. The summed E-state index contributed by atoms with van der Waals surface area (Å²) in [7, 11) is 1.60. The molecule has 0 radical (unpaired) electrons. The second-order valence-electron chi connectivity index (χ2n) is 8.78. The Bertz CT molecular complexity index is 1080. The number of hydrogen-bond donors (Lipinski definition) is 1. The van der Waals surface area contributed by atoms with Gasteiger partial charge in [-0.2, -0.15) is 0 Å². The fourth-order valence-electron chi connectivity index (χ4n) is 4.69. The number of amides is 1. The highest BCUT2D eigenvalue weighted by Crippen LogP contribution is 2.37. The number of aromatic nitrogens is 2. The molecule has 0 unspecified atom stereocenters. The van der Waals surface area contributed by atoms with Crippen molar-refractivity contribution in [3.63, 3.8) is 0 Å². The van der Waals surface area contributed by atoms with E-state index in [-0.39, 0.29) is 17.9 Å². The van der Waals surface area contributed by atoms with Crippen molar-refractivity contribution >= 4 is 5.91 Å². The molecule has 1 aliphatic rings. The molecule has 3 aromatic rings. The third-order valence-electron chi connectivity index (χ3n) is 6.30. The number of piperidine rings is 1. The average Bonchev–Trinajstić information content (AvgIpc) is 3.39. The van der Waals surface area contributed by atoms with Crippen LogP contribution in [0.2, 0.25) is 0 Å². The summed E-state index contributed by atoms with van der Waals surface area (Å²) in [4.78, 5) is 15.1. The van der Waals surface area contributed by atoms with E-state index in [4.69, 9.17) is 9.15 Å². The minimum absolute atomic E-state index is 0.0123. The number of hydrogen-bond acceptors (Lipinski definition) is 6. The first-order valence-electron chi connectivity index (χ1n) is 12.2. The van der Waals surface area contributed by atoms with Crippen LogP contribution in [0.1, 0.15) is 73.3 Å². The molecule has 1 aliphatic heterocycles. The molecule has 1 amide bonds. The second kappa shape index (κ2) is 11.3. The van der Waals surface area contributed by atoms with Gasteiger partial charge in [-0.25, -0.2) is 0 Å². The minimum Gasteiger partial charge on any atom is -0.497 e. The maximum Gasteiger partial charge on any atom is 0.254 e. The van der Waals surface area contributed by atoms with Gasteiger partial charge in [-0.1, -0.05) is 44.2 Å². The summed E-state index contributed by atoms with van der Waals surface area (Å²) in [5.74, 6) is 1.80. The average molecular weight is 463 g/mol. The first-order chi connectivity index (χ1) is 16.6. The van der Waals surface area contributed by atoms with Gasteiger partial charge in [-0.05, 0) is 56.0 Å². The van der Waals surface area contributed by atoms with Crippen molar-refractivity contribution in [3.8, 4) is 17.2 Å². The van der Waals surface area contributed by atoms with Gasteiger partial charge >= 0.3 is 0 Å². The molecule has 0 saturated carbocycles. The lowest BCUT2D eigenvalue weighted by Gasteiger charge is -2.30. The molecule has 4 rings (SSSR count). The second-order valence-corrected chi connectivity index (χ2v) is 8.78. The lowest BCUT2D eigenvalue weighted by atomic mass is 9.85. The maximum absolute atomic E-state index is 13.2. The first-order valence-corrected chi connectivity index (χ1v) is 12.2. The van der Waals surface area contributed by atoms with Gasteiger partial charge in [0.1, 0.15) is 5.75 Å². The molecule has 7 heteroatoms. The number of carbonyl (C=O) groups excluding carboxylic acids is 1. The van der Waals surface area contributed by atoms with Crippen LogP contribution in [0.25, 0.3) is 11.5 Å². The molecule has 0 bridgehead atoms. The monoisotopic (exact) mass is 462 g/mol. The third kappa shape index (κ3) is 5.30. The van der Waals surface area contributed by atoms with Crippen LogP contribution in [0, 0.1) is 0 Å². The van der Waals surface area contributed by atoms with Crippen LogP contribution in [0.15, 0.2) is 52.9 Å². The maximum atomic E-state index is 13.2. The highest BCUT2D eigenvalue weighted by Gasteiger charge is 2.32. The van der Waals surface area contributed by atoms with Crippen molar-refractivity contribution in [2.45, 2.75) is 51.5 Å². The molecule has 34 heavy (non-hydrogen) atoms. The highest BCUT2D eigenvalue weighted by molar-refractivity contribution is 5.95. The van der Waals surface area contributed by atoms with Gasteiger partial charge in [0.15, 0.2) is 0 Å². The molecule has 0 aliphatic carbocycles. The van der Waals surface area contributed by atoms with Crippen LogP contribution >= 0.6 is 0 Å². The molecule has 1 fully saturated rings. The summed E-state index contributed by atoms with van der Waals surface area (Å²) in [6, 6.07) is 15.9. The highest BCUT2D eigenvalue weighted by atomic mass is 16.5. The molecular weight excluding hydrogens is 428 g/mol. The number of ether oxygens (including phenoxy) is 1. The van der Waals surface area contributed by atoms with Gasteiger partial charge in [-0.15, -0.1) is 10.2 Å². The molecule has 7 nitrogen and oxygen atoms in total. The first kappa shape index (κ1) is 24.0. The van der Waals surface area contributed by atoms with E-state index in [1.807, 2.05) is 23.1 Å². The summed E-state index contributed by atoms with van der Waals surface area (Å²) >= 11 is 0. The largest absolute Gasteiger partial charge is 0.497 e. The summed E-state index contributed by atoms with van der Waals surface area (Å²) in [5, 5.41) is 12.3. The van der Waals surface area contributed by atoms with Gasteiger partial charge in [0.2, 0.25) is 11.8 Å². The van der Waals surface area contributed by atoms with Crippen molar-refractivity contribution in [1.29, 1.82) is 0 Å². The van der Waals surface area contributed by atoms with Crippen molar-refractivity contribution in [2.75, 3.05) is 26.7 Å². The number of carbonyl (C=O) groups is 1. The van der Waals surface area contributed by atoms with Gasteiger partial charge in [0.05, 0.1) is 13.2 Å². The van der Waals surface area contributed by atoms with Crippen LogP contribution in [0.5, 0.6) is 5.75 Å². The Morgan fingerprint density at radius 3 is 2.59 bits per heavy atom. The quantitative estimate of drug-likeness (QED) is 0.470. The Kier molecular flexibility index (Phi) is 7.95. The van der Waals surface area contributed by atoms with E-state index in [1.165, 1.54) is 5.56 Å². The predicted molar refractivity (Wildman–Crippen MR) is 132 cm³/mol. The normalized spacial score (nSPS) is 18.0. The molecule has 1 N–H and O–H groups in total. The van der Waals surface area contributed by atoms with E-state index in [1.54, 1.807) is 13.2 Å². The number of nitrogens with one attached hydrogen (secondary N) is 1. The Balaban J connectivity index is 1.63. The van der Waals surface area contributed by atoms with Gasteiger partial charge < -0.3 is 19.4 Å². The van der Waals surface area contributed by atoms with E-state index in [9.17, 15) is 4.79 Å². The summed E-state index contributed by atoms with van der Waals surface area (Å²) in [6.07, 6.45) is 3.98. The molecule has 1 saturated heterocycles. The summed E-state index contributed by atoms with van der Waals surface area (Å²) in [5.41, 5.74) is 2.51. The molecule has 2 aromatic carbocycles. The number of methoxy groups -OCH3 is 1. The van der Waals surface area contributed by atoms with E-state index in [2.05, 4.69) is 53.6 Å². The Labute approximate surface area is 201 Å². The van der Waals surface area contributed by atoms with E-state index in [0.717, 1.165) is 45.3 Å². The lowest BCUT2D eigenvalue weighted by Crippen LogP contribution is -2.33. The molecule has 2 heterocycles. The van der Waals surface area contributed by atoms with Crippen LogP contribution in [0.3, 0.4) is 0 Å². The third-order valence-corrected chi connectivity index (χ3v) is 6.30. The Morgan fingerprint density at radius 1 is 1.12 bits per heavy atom. The minimum atomic E-state index is -0.0475. The molecule has 1 aromatic heterocycles. The van der Waals surface area contributed by atoms with E-state index >= 15 is 0 Å². The van der Waals surface area contributed by atoms with Crippen LogP contribution < -0.4 is 10.1 Å². The van der Waals surface area contributed by atoms with E-state index in [0.29, 0.717) is 28.7 Å². The Morgan fingerprint density at radius 2 is 1.88 bits per heavy atom. The van der Waals surface area contributed by atoms with Crippen LogP contribution in [-0.2, 0) is 0 Å². The number of benzene rings is 2. The molecular formula is C27H34N4O3. The van der Waals surface area contributed by atoms with Crippen molar-refractivity contribution in [3.05, 3.63) is 65.5 Å². The Hall–Kier alpha value is -3.19. The summed E-state index contributed by atoms with van der Waals surface area (Å²) in [6.45, 7) is 6.51. The van der Waals surface area contributed by atoms with Crippen LogP contribution in [0.4, 0.5) is 0 Å². The van der Waals surface area contributed by atoms with Gasteiger partial charge in [0.25, 0.3) is 5.91 Å². The molecule has 180 valence electrons. The topological polar surface area (TPSA) is 80.5 Å². The lowest BCUT2D eigenvalue weighted by molar-refractivity contribution is 0.0755. The summed E-state index contributed by atoms with van der Waals surface area (Å²) < 4.78 is 11.7. The SMILES string of the molecule is CCCN(CCC)C(=O)c1cc(OC)cc(-c2nnc([C@H]3NCCC[C@H]3c3ccccc3)o2)c1. The zero-order chi connectivity index (χ0) is 23.9. The zero-order valence-electron chi connectivity index (χ0n) is 20.3. The molecule has 2 atom stereocenters. The van der Waals surface area contributed by atoms with E-state index < -0.39 is 0 Å². The number of nitrogens with zero attached hydrogens (tertiary/aromatic N) is 3. The fraction of sp³-hybridized carbons (Fsp3) is 0.444. The van der Waals surface area contributed by atoms with Crippen LogP contribution in [-0.4, -0.2) is 47.7 Å². The van der Waals surface area contributed by atoms with Crippen molar-refractivity contribution < 1.29 is 13.9 Å². The number of rotatable bonds is 9. The van der Waals surface area contributed by atoms with Gasteiger partial charge in [0, 0.05) is 30.1 Å². The standard InChI is InChI=1S/C27H34N4O3/c1-4-14-31(15-5-2)27(32)21-16-20(17-22(18-21)33-3)25-29-30-26(34-25)24-23(12-9-13-28-24)19-10-7-6-8-11-19/h6-8,10-11,16-18,23-24,28H,4-5,9,12-15H2,1-3H3/t23-,24-/m0/s1. The molecule has 0 spiro atoms. The zero-order valence-corrected chi connectivity index (χ0v) is 20.3. The smallest absolute Gasteiger partial charge is 0.254 e. The van der Waals surface area contributed by atoms with Gasteiger partial charge in [-0.3, -0.25) is 4.79 Å². The fourth-order valence-corrected chi connectivity index (χ4v) is 4.69.